The van der Waals surface area contributed by atoms with Gasteiger partial charge in [0.05, 0.1) is 11.4 Å². The number of anilines is 1. The van der Waals surface area contributed by atoms with Gasteiger partial charge in [-0.1, -0.05) is 36.4 Å². The highest BCUT2D eigenvalue weighted by molar-refractivity contribution is 7.99. The van der Waals surface area contributed by atoms with E-state index in [4.69, 9.17) is 5.73 Å². The number of aromatic nitrogens is 6. The second-order valence-corrected chi connectivity index (χ2v) is 6.12. The van der Waals surface area contributed by atoms with E-state index in [0.29, 0.717) is 15.7 Å². The van der Waals surface area contributed by atoms with Gasteiger partial charge in [0, 0.05) is 0 Å². The molecule has 9 heteroatoms. The zero-order valence-corrected chi connectivity index (χ0v) is 13.7. The Hall–Kier alpha value is -3.33. The zero-order chi connectivity index (χ0) is 17.2. The Morgan fingerprint density at radius 2 is 1.60 bits per heavy atom. The molecule has 2 aromatic heterocycles. The molecule has 0 bridgehead atoms. The fourth-order valence-electron chi connectivity index (χ4n) is 2.36. The molecular formula is C16H13N7OS. The van der Waals surface area contributed by atoms with Gasteiger partial charge in [-0.05, 0) is 46.5 Å². The van der Waals surface area contributed by atoms with Gasteiger partial charge in [0.1, 0.15) is 10.7 Å². The summed E-state index contributed by atoms with van der Waals surface area (Å²) < 4.78 is 2.96. The Morgan fingerprint density at radius 1 is 0.960 bits per heavy atom. The van der Waals surface area contributed by atoms with Gasteiger partial charge in [-0.25, -0.2) is 4.68 Å². The van der Waals surface area contributed by atoms with Crippen molar-refractivity contribution in [2.75, 3.05) is 5.73 Å². The van der Waals surface area contributed by atoms with Crippen LogP contribution in [0.5, 0.6) is 0 Å². The monoisotopic (exact) mass is 351 g/mol. The van der Waals surface area contributed by atoms with Crippen LogP contribution in [0.2, 0.25) is 0 Å². The van der Waals surface area contributed by atoms with E-state index < -0.39 is 0 Å². The molecule has 8 nitrogen and oxygen atoms in total. The summed E-state index contributed by atoms with van der Waals surface area (Å²) in [4.78, 5) is 13.1. The van der Waals surface area contributed by atoms with Gasteiger partial charge in [0.25, 0.3) is 5.56 Å². The van der Waals surface area contributed by atoms with Gasteiger partial charge in [-0.2, -0.15) is 4.68 Å². The SMILES string of the molecule is Nc1[nH]n(-c2ccccc2)c(=O)c1Sc1nnnn1-c1ccccc1. The molecule has 0 saturated heterocycles. The second-order valence-electron chi connectivity index (χ2n) is 5.14. The Bertz CT molecular complexity index is 1050. The number of rotatable bonds is 4. The number of nitrogens with zero attached hydrogens (tertiary/aromatic N) is 5. The molecule has 0 aliphatic heterocycles. The van der Waals surface area contributed by atoms with Crippen molar-refractivity contribution < 1.29 is 0 Å². The lowest BCUT2D eigenvalue weighted by Crippen LogP contribution is -2.15. The van der Waals surface area contributed by atoms with Crippen LogP contribution in [-0.2, 0) is 0 Å². The third-order valence-corrected chi connectivity index (χ3v) is 4.56. The summed E-state index contributed by atoms with van der Waals surface area (Å²) in [7, 11) is 0. The Labute approximate surface area is 146 Å². The number of para-hydroxylation sites is 2. The molecular weight excluding hydrogens is 338 g/mol. The van der Waals surface area contributed by atoms with Gasteiger partial charge in [-0.15, -0.1) is 5.10 Å². The van der Waals surface area contributed by atoms with Gasteiger partial charge in [0.2, 0.25) is 5.16 Å². The van der Waals surface area contributed by atoms with Gasteiger partial charge in [0.15, 0.2) is 0 Å². The van der Waals surface area contributed by atoms with Crippen LogP contribution in [0.3, 0.4) is 0 Å². The third kappa shape index (κ3) is 2.81. The van der Waals surface area contributed by atoms with Gasteiger partial charge in [-0.3, -0.25) is 9.89 Å². The van der Waals surface area contributed by atoms with E-state index in [0.717, 1.165) is 17.4 Å². The molecule has 4 rings (SSSR count). The largest absolute Gasteiger partial charge is 0.383 e. The number of nitrogens with one attached hydrogen (secondary N) is 1. The van der Waals surface area contributed by atoms with E-state index in [1.807, 2.05) is 60.7 Å². The molecule has 0 unspecified atom stereocenters. The first-order valence-corrected chi connectivity index (χ1v) is 8.23. The van der Waals surface area contributed by atoms with E-state index in [9.17, 15) is 4.79 Å². The van der Waals surface area contributed by atoms with Crippen LogP contribution in [0.4, 0.5) is 5.82 Å². The summed E-state index contributed by atoms with van der Waals surface area (Å²) in [6.07, 6.45) is 0. The lowest BCUT2D eigenvalue weighted by atomic mass is 10.3. The molecule has 0 aliphatic rings. The van der Waals surface area contributed by atoms with Crippen molar-refractivity contribution in [1.29, 1.82) is 0 Å². The van der Waals surface area contributed by atoms with Crippen molar-refractivity contribution in [2.24, 2.45) is 0 Å². The molecule has 25 heavy (non-hydrogen) atoms. The maximum Gasteiger partial charge on any atom is 0.287 e. The van der Waals surface area contributed by atoms with Gasteiger partial charge >= 0.3 is 0 Å². The van der Waals surface area contributed by atoms with Crippen LogP contribution in [-0.4, -0.2) is 30.0 Å². The molecule has 4 aromatic rings. The third-order valence-electron chi connectivity index (χ3n) is 3.52. The molecule has 0 fully saturated rings. The van der Waals surface area contributed by atoms with Crippen molar-refractivity contribution in [2.45, 2.75) is 10.1 Å². The summed E-state index contributed by atoms with van der Waals surface area (Å²) in [6.45, 7) is 0. The number of aromatic amines is 1. The van der Waals surface area contributed by atoms with Gasteiger partial charge < -0.3 is 5.73 Å². The molecule has 0 amide bonds. The quantitative estimate of drug-likeness (QED) is 0.581. The topological polar surface area (TPSA) is 107 Å². The lowest BCUT2D eigenvalue weighted by molar-refractivity contribution is 0.756. The van der Waals surface area contributed by atoms with Crippen LogP contribution in [0.25, 0.3) is 11.4 Å². The molecule has 0 atom stereocenters. The van der Waals surface area contributed by atoms with Crippen LogP contribution < -0.4 is 11.3 Å². The van der Waals surface area contributed by atoms with Crippen molar-refractivity contribution in [3.63, 3.8) is 0 Å². The Morgan fingerprint density at radius 3 is 2.28 bits per heavy atom. The van der Waals surface area contributed by atoms with E-state index in [1.165, 1.54) is 4.68 Å². The summed E-state index contributed by atoms with van der Waals surface area (Å²) in [6, 6.07) is 18.7. The normalized spacial score (nSPS) is 10.9. The fraction of sp³-hybridized carbons (Fsp3) is 0. The highest BCUT2D eigenvalue weighted by Gasteiger charge is 2.18. The molecule has 0 radical (unpaired) electrons. The number of benzene rings is 2. The average molecular weight is 351 g/mol. The average Bonchev–Trinajstić information content (AvgIpc) is 3.23. The number of hydrogen-bond acceptors (Lipinski definition) is 6. The molecule has 0 spiro atoms. The Kier molecular flexibility index (Phi) is 3.82. The van der Waals surface area contributed by atoms with Crippen LogP contribution >= 0.6 is 11.8 Å². The maximum absolute atomic E-state index is 12.7. The number of hydrogen-bond donors (Lipinski definition) is 2. The summed E-state index contributed by atoms with van der Waals surface area (Å²) in [5.41, 5.74) is 7.26. The first-order valence-electron chi connectivity index (χ1n) is 7.41. The second kappa shape index (κ2) is 6.29. The summed E-state index contributed by atoms with van der Waals surface area (Å²) >= 11 is 1.12. The predicted molar refractivity (Wildman–Crippen MR) is 94.1 cm³/mol. The lowest BCUT2D eigenvalue weighted by Gasteiger charge is -2.02. The number of H-pyrrole nitrogens is 1. The zero-order valence-electron chi connectivity index (χ0n) is 12.9. The number of tetrazole rings is 1. The van der Waals surface area contributed by atoms with Crippen LogP contribution in [0, 0.1) is 0 Å². The van der Waals surface area contributed by atoms with Crippen LogP contribution in [0.15, 0.2) is 75.5 Å². The number of nitrogen functional groups attached to an aromatic ring is 1. The van der Waals surface area contributed by atoms with E-state index in [-0.39, 0.29) is 11.4 Å². The minimum atomic E-state index is -0.253. The molecule has 0 aliphatic carbocycles. The maximum atomic E-state index is 12.7. The summed E-state index contributed by atoms with van der Waals surface area (Å²) in [5, 5.41) is 15.0. The molecule has 0 saturated carbocycles. The standard InChI is InChI=1S/C16H13N7OS/c17-14-13(15(24)22(19-14)11-7-3-1-4-8-11)25-16-18-20-21-23(16)12-9-5-2-6-10-12/h1-10,19H,17H2. The molecule has 124 valence electrons. The van der Waals surface area contributed by atoms with Crippen molar-refractivity contribution in [3.05, 3.63) is 71.0 Å². The minimum Gasteiger partial charge on any atom is -0.383 e. The highest BCUT2D eigenvalue weighted by atomic mass is 32.2. The smallest absolute Gasteiger partial charge is 0.287 e. The van der Waals surface area contributed by atoms with Crippen LogP contribution in [0.1, 0.15) is 0 Å². The van der Waals surface area contributed by atoms with Crippen molar-refractivity contribution in [3.8, 4) is 11.4 Å². The Balaban J connectivity index is 1.73. The minimum absolute atomic E-state index is 0.253. The van der Waals surface area contributed by atoms with Crippen molar-refractivity contribution >= 4 is 17.6 Å². The van der Waals surface area contributed by atoms with E-state index >= 15 is 0 Å². The van der Waals surface area contributed by atoms with Crippen molar-refractivity contribution in [1.82, 2.24) is 30.0 Å². The highest BCUT2D eigenvalue weighted by Crippen LogP contribution is 2.28. The molecule has 2 aromatic carbocycles. The molecule has 3 N–H and O–H groups in total. The summed E-state index contributed by atoms with van der Waals surface area (Å²) in [5.74, 6) is 0.265. The molecule has 2 heterocycles. The first kappa shape index (κ1) is 15.2. The number of nitrogens with two attached hydrogens (primary N) is 1. The van der Waals surface area contributed by atoms with E-state index in [1.54, 1.807) is 4.68 Å². The van der Waals surface area contributed by atoms with E-state index in [2.05, 4.69) is 20.6 Å². The fourth-order valence-corrected chi connectivity index (χ4v) is 3.18. The first-order chi connectivity index (χ1) is 12.2. The predicted octanol–water partition coefficient (Wildman–Crippen LogP) is 1.87.